The lowest BCUT2D eigenvalue weighted by molar-refractivity contribution is -0.125. The van der Waals surface area contributed by atoms with Crippen molar-refractivity contribution in [1.82, 2.24) is 4.31 Å². The van der Waals surface area contributed by atoms with E-state index in [2.05, 4.69) is 0 Å². The standard InChI is InChI=1S/C11H12ClNO5S2/c12-20(17,18)10-3-1-9(2-4-10)5-7-13-11(14)6-8-19(13,15)16/h1-4H,5-8H2. The van der Waals surface area contributed by atoms with Crippen molar-refractivity contribution < 1.29 is 21.6 Å². The summed E-state index contributed by atoms with van der Waals surface area (Å²) in [5, 5.41) is 0. The first-order valence-electron chi connectivity index (χ1n) is 5.77. The van der Waals surface area contributed by atoms with Crippen molar-refractivity contribution in [2.24, 2.45) is 0 Å². The SMILES string of the molecule is O=C1CCS(=O)(=O)N1CCc1ccc(S(=O)(=O)Cl)cc1. The van der Waals surface area contributed by atoms with Crippen molar-refractivity contribution in [2.75, 3.05) is 12.3 Å². The van der Waals surface area contributed by atoms with Crippen LogP contribution in [0.2, 0.25) is 0 Å². The Kier molecular flexibility index (Phi) is 4.08. The van der Waals surface area contributed by atoms with Crippen LogP contribution in [-0.2, 0) is 30.3 Å². The van der Waals surface area contributed by atoms with Crippen molar-refractivity contribution in [1.29, 1.82) is 0 Å². The Labute approximate surface area is 121 Å². The van der Waals surface area contributed by atoms with Gasteiger partial charge in [-0.2, -0.15) is 0 Å². The van der Waals surface area contributed by atoms with Crippen LogP contribution in [0.25, 0.3) is 0 Å². The molecule has 0 saturated carbocycles. The molecule has 0 atom stereocenters. The molecule has 0 spiro atoms. The summed E-state index contributed by atoms with van der Waals surface area (Å²) < 4.78 is 46.2. The smallest absolute Gasteiger partial charge is 0.261 e. The highest BCUT2D eigenvalue weighted by atomic mass is 35.7. The number of benzene rings is 1. The van der Waals surface area contributed by atoms with Crippen molar-refractivity contribution in [3.8, 4) is 0 Å². The monoisotopic (exact) mass is 337 g/mol. The highest BCUT2D eigenvalue weighted by Gasteiger charge is 2.34. The van der Waals surface area contributed by atoms with Gasteiger partial charge in [-0.25, -0.2) is 21.1 Å². The highest BCUT2D eigenvalue weighted by molar-refractivity contribution is 8.13. The van der Waals surface area contributed by atoms with Crippen molar-refractivity contribution >= 4 is 35.7 Å². The molecule has 110 valence electrons. The Bertz CT molecular complexity index is 725. The molecule has 0 bridgehead atoms. The van der Waals surface area contributed by atoms with Gasteiger partial charge in [-0.1, -0.05) is 12.1 Å². The largest absolute Gasteiger partial charge is 0.274 e. The van der Waals surface area contributed by atoms with Gasteiger partial charge in [0.25, 0.3) is 9.05 Å². The fourth-order valence-corrected chi connectivity index (χ4v) is 4.11. The first kappa shape index (κ1) is 15.3. The molecular weight excluding hydrogens is 326 g/mol. The normalized spacial score (nSPS) is 18.4. The van der Waals surface area contributed by atoms with Gasteiger partial charge in [-0.15, -0.1) is 0 Å². The van der Waals surface area contributed by atoms with Gasteiger partial charge in [0.1, 0.15) is 0 Å². The molecule has 1 amide bonds. The Morgan fingerprint density at radius 1 is 1.20 bits per heavy atom. The van der Waals surface area contributed by atoms with Crippen molar-refractivity contribution in [2.45, 2.75) is 17.7 Å². The van der Waals surface area contributed by atoms with E-state index in [1.807, 2.05) is 0 Å². The predicted molar refractivity (Wildman–Crippen MR) is 73.3 cm³/mol. The summed E-state index contributed by atoms with van der Waals surface area (Å²) in [5.74, 6) is -0.542. The van der Waals surface area contributed by atoms with Gasteiger partial charge in [0, 0.05) is 23.6 Å². The number of amides is 1. The molecule has 0 aliphatic carbocycles. The van der Waals surface area contributed by atoms with Gasteiger partial charge < -0.3 is 0 Å². The summed E-state index contributed by atoms with van der Waals surface area (Å²) in [6, 6.07) is 5.78. The lowest BCUT2D eigenvalue weighted by Gasteiger charge is -2.14. The van der Waals surface area contributed by atoms with Crippen LogP contribution in [0.5, 0.6) is 0 Å². The number of carbonyl (C=O) groups is 1. The average Bonchev–Trinajstić information content (AvgIpc) is 2.61. The van der Waals surface area contributed by atoms with E-state index in [1.165, 1.54) is 12.1 Å². The molecule has 2 rings (SSSR count). The maximum absolute atomic E-state index is 11.6. The maximum Gasteiger partial charge on any atom is 0.261 e. The maximum atomic E-state index is 11.6. The quantitative estimate of drug-likeness (QED) is 0.755. The molecule has 1 saturated heterocycles. The zero-order valence-electron chi connectivity index (χ0n) is 10.3. The van der Waals surface area contributed by atoms with E-state index in [0.29, 0.717) is 6.42 Å². The number of nitrogens with zero attached hydrogens (tertiary/aromatic N) is 1. The summed E-state index contributed by atoms with van der Waals surface area (Å²) >= 11 is 0. The Morgan fingerprint density at radius 3 is 2.25 bits per heavy atom. The van der Waals surface area contributed by atoms with Gasteiger partial charge >= 0.3 is 0 Å². The van der Waals surface area contributed by atoms with E-state index in [0.717, 1.165) is 9.87 Å². The zero-order chi connectivity index (χ0) is 15.0. The first-order valence-corrected chi connectivity index (χ1v) is 9.69. The van der Waals surface area contributed by atoms with Gasteiger partial charge in [0.15, 0.2) is 0 Å². The third-order valence-corrected chi connectivity index (χ3v) is 6.14. The lowest BCUT2D eigenvalue weighted by atomic mass is 10.1. The van der Waals surface area contributed by atoms with E-state index >= 15 is 0 Å². The first-order chi connectivity index (χ1) is 9.20. The second-order valence-corrected chi connectivity index (χ2v) is 8.94. The average molecular weight is 338 g/mol. The molecule has 6 nitrogen and oxygen atoms in total. The van der Waals surface area contributed by atoms with Crippen LogP contribution in [0.15, 0.2) is 29.2 Å². The molecule has 20 heavy (non-hydrogen) atoms. The number of hydrogen-bond donors (Lipinski definition) is 0. The number of rotatable bonds is 4. The zero-order valence-corrected chi connectivity index (χ0v) is 12.7. The van der Waals surface area contributed by atoms with E-state index in [1.54, 1.807) is 12.1 Å². The summed E-state index contributed by atoms with van der Waals surface area (Å²) in [6.07, 6.45) is 0.347. The Morgan fingerprint density at radius 2 is 1.80 bits per heavy atom. The van der Waals surface area contributed by atoms with Crippen LogP contribution < -0.4 is 0 Å². The van der Waals surface area contributed by atoms with Crippen LogP contribution in [0.3, 0.4) is 0 Å². The van der Waals surface area contributed by atoms with E-state index in [4.69, 9.17) is 10.7 Å². The van der Waals surface area contributed by atoms with Gasteiger partial charge in [-0.3, -0.25) is 4.79 Å². The third kappa shape index (κ3) is 3.31. The summed E-state index contributed by atoms with van der Waals surface area (Å²) in [6.45, 7) is 0.0636. The number of carbonyl (C=O) groups excluding carboxylic acids is 1. The lowest BCUT2D eigenvalue weighted by Crippen LogP contribution is -2.31. The van der Waals surface area contributed by atoms with Crippen LogP contribution in [0.4, 0.5) is 0 Å². The minimum Gasteiger partial charge on any atom is -0.274 e. The fourth-order valence-electron chi connectivity index (χ4n) is 1.92. The van der Waals surface area contributed by atoms with Crippen molar-refractivity contribution in [3.05, 3.63) is 29.8 Å². The molecule has 1 aliphatic heterocycles. The molecule has 1 aliphatic rings. The van der Waals surface area contributed by atoms with Crippen LogP contribution in [-0.4, -0.2) is 39.3 Å². The molecular formula is C11H12ClNO5S2. The second kappa shape index (κ2) is 5.34. The molecule has 1 aromatic rings. The molecule has 0 unspecified atom stereocenters. The van der Waals surface area contributed by atoms with Crippen molar-refractivity contribution in [3.63, 3.8) is 0 Å². The molecule has 0 radical (unpaired) electrons. The number of halogens is 1. The molecule has 1 aromatic carbocycles. The van der Waals surface area contributed by atoms with Crippen LogP contribution in [0.1, 0.15) is 12.0 Å². The molecule has 1 fully saturated rings. The Hall–Kier alpha value is -1.12. The highest BCUT2D eigenvalue weighted by Crippen LogP contribution is 2.18. The Balaban J connectivity index is 2.07. The summed E-state index contributed by atoms with van der Waals surface area (Å²) in [4.78, 5) is 11.4. The molecule has 9 heteroatoms. The molecule has 0 N–H and O–H groups in total. The van der Waals surface area contributed by atoms with Crippen LogP contribution in [0, 0.1) is 0 Å². The van der Waals surface area contributed by atoms with Crippen LogP contribution >= 0.6 is 10.7 Å². The van der Waals surface area contributed by atoms with E-state index in [9.17, 15) is 21.6 Å². The summed E-state index contributed by atoms with van der Waals surface area (Å²) in [7, 11) is -2.05. The summed E-state index contributed by atoms with van der Waals surface area (Å²) in [5.41, 5.74) is 0.726. The minimum absolute atomic E-state index is 0.0196. The number of sulfonamides is 1. The predicted octanol–water partition coefficient (Wildman–Crippen LogP) is 0.719. The number of hydrogen-bond acceptors (Lipinski definition) is 5. The molecule has 0 aromatic heterocycles. The fraction of sp³-hybridized carbons (Fsp3) is 0.364. The topological polar surface area (TPSA) is 88.6 Å². The minimum atomic E-state index is -3.77. The van der Waals surface area contributed by atoms with E-state index in [-0.39, 0.29) is 23.6 Å². The third-order valence-electron chi connectivity index (χ3n) is 3.00. The van der Waals surface area contributed by atoms with Gasteiger partial charge in [0.05, 0.1) is 10.6 Å². The van der Waals surface area contributed by atoms with Gasteiger partial charge in [-0.05, 0) is 24.1 Å². The van der Waals surface area contributed by atoms with E-state index < -0.39 is 25.0 Å². The van der Waals surface area contributed by atoms with Gasteiger partial charge in [0.2, 0.25) is 15.9 Å². The second-order valence-electron chi connectivity index (χ2n) is 4.36. The molecule has 1 heterocycles.